The van der Waals surface area contributed by atoms with E-state index in [4.69, 9.17) is 19.7 Å². The van der Waals surface area contributed by atoms with Crippen LogP contribution >= 0.6 is 0 Å². The Morgan fingerprint density at radius 3 is 2.81 bits per heavy atom. The summed E-state index contributed by atoms with van der Waals surface area (Å²) in [4.78, 5) is 23.0. The molecule has 1 aromatic carbocycles. The van der Waals surface area contributed by atoms with Gasteiger partial charge < -0.3 is 19.7 Å². The molecular formula is C14H15NO6. The smallest absolute Gasteiger partial charge is 0.408 e. The molecule has 1 amide bonds. The number of rotatable bonds is 3. The molecule has 1 fully saturated rings. The molecule has 0 radical (unpaired) electrons. The number of ether oxygens (including phenoxy) is 2. The Balaban J connectivity index is 1.71. The Bertz CT molecular complexity index is 565. The van der Waals surface area contributed by atoms with Crippen molar-refractivity contribution in [1.29, 1.82) is 0 Å². The molecule has 0 aliphatic carbocycles. The lowest BCUT2D eigenvalue weighted by atomic mass is 10.1. The molecule has 7 nitrogen and oxygen atoms in total. The minimum Gasteiger partial charge on any atom is -0.493 e. The lowest BCUT2D eigenvalue weighted by molar-refractivity contribution is -0.141. The second-order valence-electron chi connectivity index (χ2n) is 5.13. The van der Waals surface area contributed by atoms with Crippen LogP contribution in [0.25, 0.3) is 0 Å². The maximum atomic E-state index is 11.1. The van der Waals surface area contributed by atoms with Crippen LogP contribution in [0.2, 0.25) is 0 Å². The highest BCUT2D eigenvalue weighted by Crippen LogP contribution is 2.31. The summed E-state index contributed by atoms with van der Waals surface area (Å²) in [6.45, 7) is 0.695. The minimum absolute atomic E-state index is 0.0459. The second kappa shape index (κ2) is 5.16. The average molecular weight is 293 g/mol. The third-order valence-corrected chi connectivity index (χ3v) is 3.76. The lowest BCUT2D eigenvalue weighted by Crippen LogP contribution is -2.39. The van der Waals surface area contributed by atoms with Crippen LogP contribution in [0, 0.1) is 0 Å². The first-order chi connectivity index (χ1) is 10.0. The molecule has 2 atom stereocenters. The van der Waals surface area contributed by atoms with E-state index in [1.54, 1.807) is 12.1 Å². The Labute approximate surface area is 120 Å². The number of fused-ring (bicyclic) bond motifs is 1. The third-order valence-electron chi connectivity index (χ3n) is 3.76. The number of hydrogen-bond acceptors (Lipinski definition) is 4. The summed E-state index contributed by atoms with van der Waals surface area (Å²) in [7, 11) is 0. The molecule has 2 heterocycles. The van der Waals surface area contributed by atoms with Gasteiger partial charge in [0.2, 0.25) is 0 Å². The largest absolute Gasteiger partial charge is 0.493 e. The van der Waals surface area contributed by atoms with Crippen LogP contribution in [0.1, 0.15) is 12.0 Å². The van der Waals surface area contributed by atoms with Gasteiger partial charge in [-0.05, 0) is 11.6 Å². The molecule has 2 aliphatic rings. The molecule has 0 spiro atoms. The maximum Gasteiger partial charge on any atom is 0.408 e. The predicted octanol–water partition coefficient (Wildman–Crippen LogP) is 1.21. The summed E-state index contributed by atoms with van der Waals surface area (Å²) in [5, 5.41) is 18.1. The van der Waals surface area contributed by atoms with Crippen LogP contribution in [0.3, 0.4) is 0 Å². The Kier molecular flexibility index (Phi) is 3.32. The zero-order chi connectivity index (χ0) is 15.0. The number of benzene rings is 1. The van der Waals surface area contributed by atoms with E-state index in [9.17, 15) is 9.59 Å². The Morgan fingerprint density at radius 1 is 1.33 bits per heavy atom. The monoisotopic (exact) mass is 293 g/mol. The number of aliphatic carboxylic acids is 1. The minimum atomic E-state index is -1.24. The van der Waals surface area contributed by atoms with Crippen LogP contribution in [0.4, 0.5) is 4.79 Å². The average Bonchev–Trinajstić information content (AvgIpc) is 3.04. The van der Waals surface area contributed by atoms with Gasteiger partial charge in [-0.3, -0.25) is 4.90 Å². The molecule has 7 heteroatoms. The number of likely N-dealkylation sites (tertiary alicyclic amines) is 1. The fourth-order valence-corrected chi connectivity index (χ4v) is 2.74. The van der Waals surface area contributed by atoms with Crippen LogP contribution in [0.15, 0.2) is 18.2 Å². The maximum absolute atomic E-state index is 11.1. The van der Waals surface area contributed by atoms with Gasteiger partial charge in [-0.1, -0.05) is 6.07 Å². The van der Waals surface area contributed by atoms with E-state index in [2.05, 4.69) is 0 Å². The Morgan fingerprint density at radius 2 is 2.14 bits per heavy atom. The van der Waals surface area contributed by atoms with Crippen molar-refractivity contribution >= 4 is 12.1 Å². The standard InChI is InChI=1S/C14H15NO6/c16-13(17)11-5-10(7-15(11)14(18)19)21-9-2-1-8-3-4-20-12(8)6-9/h1-2,6,10-11H,3-5,7H2,(H,16,17)(H,18,19)/t10-,11-/m0/s1. The SMILES string of the molecule is O=C(O)[C@@H]1C[C@H](Oc2ccc3c(c2)OCC3)CN1C(=O)O. The summed E-state index contributed by atoms with van der Waals surface area (Å²) < 4.78 is 11.2. The van der Waals surface area contributed by atoms with Crippen molar-refractivity contribution in [3.8, 4) is 11.5 Å². The molecular weight excluding hydrogens is 278 g/mol. The van der Waals surface area contributed by atoms with Crippen molar-refractivity contribution in [2.45, 2.75) is 25.0 Å². The molecule has 0 unspecified atom stereocenters. The molecule has 2 aliphatic heterocycles. The molecule has 2 N–H and O–H groups in total. The van der Waals surface area contributed by atoms with Gasteiger partial charge >= 0.3 is 12.1 Å². The zero-order valence-corrected chi connectivity index (χ0v) is 11.2. The Hall–Kier alpha value is -2.44. The van der Waals surface area contributed by atoms with Gasteiger partial charge in [0.25, 0.3) is 0 Å². The third kappa shape index (κ3) is 2.58. The lowest BCUT2D eigenvalue weighted by Gasteiger charge is -2.16. The molecule has 3 rings (SSSR count). The first-order valence-corrected chi connectivity index (χ1v) is 6.69. The zero-order valence-electron chi connectivity index (χ0n) is 11.2. The van der Waals surface area contributed by atoms with Gasteiger partial charge in [0.15, 0.2) is 0 Å². The fraction of sp³-hybridized carbons (Fsp3) is 0.429. The summed E-state index contributed by atoms with van der Waals surface area (Å²) in [5.74, 6) is 0.188. The molecule has 1 saturated heterocycles. The van der Waals surface area contributed by atoms with E-state index in [-0.39, 0.29) is 13.0 Å². The summed E-state index contributed by atoms with van der Waals surface area (Å²) in [6.07, 6.45) is -0.709. The molecule has 1 aromatic rings. The normalized spacial score (nSPS) is 23.5. The number of carboxylic acid groups (broad SMARTS) is 2. The summed E-state index contributed by atoms with van der Waals surface area (Å²) in [6, 6.07) is 4.42. The molecule has 21 heavy (non-hydrogen) atoms. The highest BCUT2D eigenvalue weighted by Gasteiger charge is 2.41. The van der Waals surface area contributed by atoms with Crippen LogP contribution in [-0.2, 0) is 11.2 Å². The highest BCUT2D eigenvalue weighted by atomic mass is 16.5. The van der Waals surface area contributed by atoms with E-state index < -0.39 is 24.2 Å². The van der Waals surface area contributed by atoms with Crippen molar-refractivity contribution in [3.63, 3.8) is 0 Å². The number of nitrogens with zero attached hydrogens (tertiary/aromatic N) is 1. The summed E-state index contributed by atoms with van der Waals surface area (Å²) in [5.41, 5.74) is 1.12. The van der Waals surface area contributed by atoms with Crippen molar-refractivity contribution in [2.24, 2.45) is 0 Å². The number of carbonyl (C=O) groups is 2. The molecule has 0 bridgehead atoms. The number of amides is 1. The number of carboxylic acids is 1. The topological polar surface area (TPSA) is 96.3 Å². The first kappa shape index (κ1) is 13.5. The quantitative estimate of drug-likeness (QED) is 0.869. The van der Waals surface area contributed by atoms with Gasteiger partial charge in [0.05, 0.1) is 13.2 Å². The van der Waals surface area contributed by atoms with E-state index in [0.717, 1.165) is 22.6 Å². The summed E-state index contributed by atoms with van der Waals surface area (Å²) >= 11 is 0. The van der Waals surface area contributed by atoms with Crippen LogP contribution in [0.5, 0.6) is 11.5 Å². The van der Waals surface area contributed by atoms with Gasteiger partial charge in [0, 0.05) is 18.9 Å². The number of hydrogen-bond donors (Lipinski definition) is 2. The second-order valence-corrected chi connectivity index (χ2v) is 5.13. The van der Waals surface area contributed by atoms with Gasteiger partial charge in [-0.15, -0.1) is 0 Å². The first-order valence-electron chi connectivity index (χ1n) is 6.69. The highest BCUT2D eigenvalue weighted by molar-refractivity contribution is 5.80. The van der Waals surface area contributed by atoms with Crippen LogP contribution < -0.4 is 9.47 Å². The van der Waals surface area contributed by atoms with Crippen molar-refractivity contribution < 1.29 is 29.3 Å². The van der Waals surface area contributed by atoms with Crippen molar-refractivity contribution in [3.05, 3.63) is 23.8 Å². The van der Waals surface area contributed by atoms with Gasteiger partial charge in [0.1, 0.15) is 23.6 Å². The van der Waals surface area contributed by atoms with Crippen LogP contribution in [-0.4, -0.2) is 52.5 Å². The van der Waals surface area contributed by atoms with Gasteiger partial charge in [-0.2, -0.15) is 0 Å². The van der Waals surface area contributed by atoms with E-state index in [1.807, 2.05) is 6.07 Å². The van der Waals surface area contributed by atoms with Crippen molar-refractivity contribution in [1.82, 2.24) is 4.90 Å². The van der Waals surface area contributed by atoms with E-state index >= 15 is 0 Å². The molecule has 0 aromatic heterocycles. The molecule has 112 valence electrons. The fourth-order valence-electron chi connectivity index (χ4n) is 2.74. The van der Waals surface area contributed by atoms with Gasteiger partial charge in [-0.25, -0.2) is 9.59 Å². The molecule has 0 saturated carbocycles. The van der Waals surface area contributed by atoms with E-state index in [1.165, 1.54) is 0 Å². The van der Waals surface area contributed by atoms with Crippen molar-refractivity contribution in [2.75, 3.05) is 13.2 Å². The predicted molar refractivity (Wildman–Crippen MR) is 70.8 cm³/mol. The van der Waals surface area contributed by atoms with E-state index in [0.29, 0.717) is 12.4 Å².